The highest BCUT2D eigenvalue weighted by atomic mass is 16.5. The molecule has 6 atom stereocenters. The molecular weight excluding hydrogens is 716 g/mol. The number of nitrogens with one attached hydrogen (secondary N) is 4. The lowest BCUT2D eigenvalue weighted by atomic mass is 10.0. The van der Waals surface area contributed by atoms with Gasteiger partial charge in [-0.3, -0.25) is 24.0 Å². The molecule has 4 aliphatic heterocycles. The van der Waals surface area contributed by atoms with E-state index >= 15 is 0 Å². The van der Waals surface area contributed by atoms with Crippen molar-refractivity contribution >= 4 is 41.3 Å². The van der Waals surface area contributed by atoms with E-state index in [2.05, 4.69) is 27.8 Å². The van der Waals surface area contributed by atoms with Crippen molar-refractivity contribution in [1.82, 2.24) is 35.6 Å². The van der Waals surface area contributed by atoms with Crippen molar-refractivity contribution in [2.24, 2.45) is 5.92 Å². The van der Waals surface area contributed by atoms with Gasteiger partial charge in [0.2, 0.25) is 23.6 Å². The van der Waals surface area contributed by atoms with Crippen LogP contribution >= 0.6 is 0 Å². The molecule has 4 saturated heterocycles. The highest BCUT2D eigenvalue weighted by Crippen LogP contribution is 2.26. The third kappa shape index (κ3) is 9.56. The van der Waals surface area contributed by atoms with E-state index in [1.807, 2.05) is 69.1 Å². The second-order valence-corrected chi connectivity index (χ2v) is 15.7. The van der Waals surface area contributed by atoms with Crippen LogP contribution < -0.4 is 21.3 Å². The van der Waals surface area contributed by atoms with Crippen molar-refractivity contribution in [3.63, 3.8) is 0 Å². The summed E-state index contributed by atoms with van der Waals surface area (Å²) < 4.78 is 6.17. The Hall–Kier alpha value is -5.28. The Balaban J connectivity index is 1.29. The third-order valence-electron chi connectivity index (χ3n) is 11.1. The second-order valence-electron chi connectivity index (χ2n) is 15.7. The number of urea groups is 1. The fourth-order valence-electron chi connectivity index (χ4n) is 8.12. The van der Waals surface area contributed by atoms with Crippen LogP contribution in [0.15, 0.2) is 60.8 Å². The number of piperazine rings is 1. The van der Waals surface area contributed by atoms with Crippen molar-refractivity contribution in [1.29, 1.82) is 0 Å². The van der Waals surface area contributed by atoms with Gasteiger partial charge in [-0.25, -0.2) is 4.79 Å². The summed E-state index contributed by atoms with van der Waals surface area (Å²) >= 11 is 0. The highest BCUT2D eigenvalue weighted by molar-refractivity contribution is 6.00. The number of hydrogen-bond donors (Lipinski definition) is 4. The molecule has 2 aromatic carbocycles. The normalized spacial score (nSPS) is 25.9. The van der Waals surface area contributed by atoms with Gasteiger partial charge in [0, 0.05) is 44.8 Å². The molecule has 15 heteroatoms. The number of amides is 7. The maximum absolute atomic E-state index is 14.6. The van der Waals surface area contributed by atoms with Crippen molar-refractivity contribution in [3.8, 4) is 0 Å². The Kier molecular flexibility index (Phi) is 12.7. The van der Waals surface area contributed by atoms with Crippen molar-refractivity contribution < 1.29 is 33.5 Å². The number of anilines is 1. The van der Waals surface area contributed by atoms with Gasteiger partial charge in [-0.05, 0) is 63.8 Å². The molecular formula is C41H54N8O7. The van der Waals surface area contributed by atoms with E-state index < -0.39 is 53.8 Å². The van der Waals surface area contributed by atoms with Crippen LogP contribution in [0.2, 0.25) is 0 Å². The largest absolute Gasteiger partial charge is 0.377 e. The lowest BCUT2D eigenvalue weighted by Gasteiger charge is -2.41. The topological polar surface area (TPSA) is 173 Å². The Morgan fingerprint density at radius 2 is 1.66 bits per heavy atom. The molecule has 4 N–H and O–H groups in total. The molecule has 15 nitrogen and oxygen atoms in total. The number of hydrogen-bond acceptors (Lipinski definition) is 8. The van der Waals surface area contributed by atoms with E-state index in [1.54, 1.807) is 17.0 Å². The first kappa shape index (κ1) is 40.4. The molecule has 4 heterocycles. The molecule has 0 saturated carbocycles. The van der Waals surface area contributed by atoms with E-state index in [9.17, 15) is 28.8 Å². The SMILES string of the molecule is C=C1NC(=O)[C@@H]2CN(C)CCN2C(=O)[C@@H]2CCCN2C(=O)[C@@H](NC(=O)[C@H](Cc2cccc(C)c2)NC(=O)Nc2ccc(C)cc2)COC[C@@H]2C[C@@H](C)CN2C1=O. The molecule has 0 aromatic heterocycles. The Morgan fingerprint density at radius 3 is 2.41 bits per heavy atom. The van der Waals surface area contributed by atoms with Gasteiger partial charge in [-0.1, -0.05) is 61.0 Å². The fourth-order valence-corrected chi connectivity index (χ4v) is 8.12. The zero-order valence-corrected chi connectivity index (χ0v) is 32.7. The van der Waals surface area contributed by atoms with E-state index in [0.717, 1.165) is 16.7 Å². The summed E-state index contributed by atoms with van der Waals surface area (Å²) in [4.78, 5) is 90.4. The monoisotopic (exact) mass is 770 g/mol. The maximum atomic E-state index is 14.6. The van der Waals surface area contributed by atoms with Crippen LogP contribution in [-0.2, 0) is 35.1 Å². The Morgan fingerprint density at radius 1 is 0.911 bits per heavy atom. The second kappa shape index (κ2) is 17.7. The quantitative estimate of drug-likeness (QED) is 0.321. The first-order chi connectivity index (χ1) is 26.8. The Bertz CT molecular complexity index is 1840. The van der Waals surface area contributed by atoms with Gasteiger partial charge in [-0.15, -0.1) is 0 Å². The lowest BCUT2D eigenvalue weighted by Crippen LogP contribution is -2.64. The Labute approximate surface area is 328 Å². The average molecular weight is 771 g/mol. The number of benzene rings is 2. The van der Waals surface area contributed by atoms with Gasteiger partial charge < -0.3 is 45.6 Å². The van der Waals surface area contributed by atoms with Gasteiger partial charge in [0.1, 0.15) is 24.2 Å². The van der Waals surface area contributed by atoms with E-state index in [-0.39, 0.29) is 62.8 Å². The summed E-state index contributed by atoms with van der Waals surface area (Å²) in [5.41, 5.74) is 3.28. The zero-order chi connectivity index (χ0) is 40.1. The van der Waals surface area contributed by atoms with Crippen LogP contribution in [0, 0.1) is 19.8 Å². The number of rotatable bonds is 6. The molecule has 7 amide bonds. The van der Waals surface area contributed by atoms with Crippen LogP contribution in [0.5, 0.6) is 0 Å². The zero-order valence-electron chi connectivity index (χ0n) is 32.7. The molecule has 4 fully saturated rings. The highest BCUT2D eigenvalue weighted by Gasteiger charge is 2.45. The first-order valence-corrected chi connectivity index (χ1v) is 19.5. The maximum Gasteiger partial charge on any atom is 0.319 e. The van der Waals surface area contributed by atoms with Gasteiger partial charge in [0.25, 0.3) is 5.91 Å². The van der Waals surface area contributed by atoms with E-state index in [1.165, 1.54) is 9.80 Å². The van der Waals surface area contributed by atoms with Crippen LogP contribution in [0.1, 0.15) is 42.9 Å². The summed E-state index contributed by atoms with van der Waals surface area (Å²) in [5.74, 6) is -2.31. The minimum Gasteiger partial charge on any atom is -0.377 e. The minimum absolute atomic E-state index is 0.0600. The first-order valence-electron chi connectivity index (χ1n) is 19.5. The van der Waals surface area contributed by atoms with Gasteiger partial charge in [0.05, 0.1) is 25.0 Å². The van der Waals surface area contributed by atoms with Crippen molar-refractivity contribution in [2.45, 2.75) is 76.7 Å². The van der Waals surface area contributed by atoms with Crippen LogP contribution in [0.3, 0.4) is 0 Å². The molecule has 6 rings (SSSR count). The van der Waals surface area contributed by atoms with E-state index in [0.29, 0.717) is 38.0 Å². The number of carbonyl (C=O) groups excluding carboxylic acids is 6. The molecule has 0 spiro atoms. The molecule has 300 valence electrons. The minimum atomic E-state index is -1.23. The third-order valence-corrected chi connectivity index (χ3v) is 11.1. The molecule has 0 radical (unpaired) electrons. The summed E-state index contributed by atoms with van der Waals surface area (Å²) in [6.07, 6.45) is 1.68. The molecule has 0 unspecified atom stereocenters. The number of likely N-dealkylation sites (N-methyl/N-ethyl adjacent to an activating group) is 1. The smallest absolute Gasteiger partial charge is 0.319 e. The predicted octanol–water partition coefficient (Wildman–Crippen LogP) is 1.55. The molecule has 0 aliphatic carbocycles. The lowest BCUT2D eigenvalue weighted by molar-refractivity contribution is -0.152. The van der Waals surface area contributed by atoms with Crippen molar-refractivity contribution in [2.75, 3.05) is 58.3 Å². The summed E-state index contributed by atoms with van der Waals surface area (Å²) in [6.45, 7) is 11.3. The number of carbonyl (C=O) groups is 6. The molecule has 0 bridgehead atoms. The molecule has 4 aliphatic rings. The van der Waals surface area contributed by atoms with Gasteiger partial charge in [-0.2, -0.15) is 0 Å². The summed E-state index contributed by atoms with van der Waals surface area (Å²) in [7, 11) is 1.86. The van der Waals surface area contributed by atoms with E-state index in [4.69, 9.17) is 4.74 Å². The fraction of sp³-hybridized carbons (Fsp3) is 0.512. The number of fused-ring (bicyclic) bond motifs is 3. The standard InChI is InChI=1S/C41H54N8O7/c1-25-11-13-30(14-12-25)43-41(55)45-32(20-29-9-6-8-26(2)18-29)36(50)44-33-24-56-23-31-19-27(3)21-49(31)38(52)28(4)42-37(51)35-22-46(5)16-17-48(35)40(54)34-10-7-15-47(34)39(33)53/h6,8-9,11-14,18,27,31-35H,4,7,10,15-17,19-24H2,1-3,5H3,(H,42,51)(H,44,50)(H2,43,45,55)/t27-,31+,32+,33+,34+,35+/m1/s1. The van der Waals surface area contributed by atoms with Crippen LogP contribution in [0.4, 0.5) is 10.5 Å². The predicted molar refractivity (Wildman–Crippen MR) is 209 cm³/mol. The molecule has 56 heavy (non-hydrogen) atoms. The number of aryl methyl sites for hydroxylation is 2. The molecule has 2 aromatic rings. The number of ether oxygens (including phenoxy) is 1. The van der Waals surface area contributed by atoms with Crippen LogP contribution in [0.25, 0.3) is 0 Å². The van der Waals surface area contributed by atoms with Gasteiger partial charge >= 0.3 is 6.03 Å². The van der Waals surface area contributed by atoms with Crippen molar-refractivity contribution in [3.05, 3.63) is 77.5 Å². The average Bonchev–Trinajstić information content (AvgIpc) is 3.80. The summed E-state index contributed by atoms with van der Waals surface area (Å²) in [5, 5.41) is 11.2. The number of nitrogens with zero attached hydrogens (tertiary/aromatic N) is 4. The van der Waals surface area contributed by atoms with Gasteiger partial charge in [0.15, 0.2) is 0 Å². The van der Waals surface area contributed by atoms with Crippen LogP contribution in [-0.4, -0.2) is 138 Å². The summed E-state index contributed by atoms with van der Waals surface area (Å²) in [6, 6.07) is 9.78.